The van der Waals surface area contributed by atoms with Crippen molar-refractivity contribution in [2.75, 3.05) is 0 Å². The molecular weight excluding hydrogens is 318 g/mol. The first-order valence-corrected chi connectivity index (χ1v) is 7.92. The van der Waals surface area contributed by atoms with Gasteiger partial charge in [0.15, 0.2) is 11.5 Å². The van der Waals surface area contributed by atoms with Crippen LogP contribution in [-0.4, -0.2) is 30.3 Å². The predicted octanol–water partition coefficient (Wildman–Crippen LogP) is 2.48. The van der Waals surface area contributed by atoms with Crippen molar-refractivity contribution >= 4 is 27.8 Å². The number of carbonyl (C=O) groups is 1. The molecule has 2 N–H and O–H groups in total. The fraction of sp³-hybridized carbons (Fsp3) is 0.462. The Morgan fingerprint density at radius 3 is 2.38 bits per heavy atom. The van der Waals surface area contributed by atoms with E-state index in [1.54, 1.807) is 6.92 Å². The summed E-state index contributed by atoms with van der Waals surface area (Å²) in [5.74, 6) is -0.433. The molecule has 1 rings (SSSR count). The zero-order valence-electron chi connectivity index (χ0n) is 12.2. The second kappa shape index (κ2) is 6.31. The number of Topliss-reactive ketones (excluding diaryl/α,β-unsaturated/α-hetero) is 1. The van der Waals surface area contributed by atoms with Crippen molar-refractivity contribution in [2.24, 2.45) is 0 Å². The van der Waals surface area contributed by atoms with E-state index in [0.29, 0.717) is 5.56 Å². The highest BCUT2D eigenvalue weighted by atomic mass is 35.5. The van der Waals surface area contributed by atoms with Gasteiger partial charge in [0.2, 0.25) is 0 Å². The summed E-state index contributed by atoms with van der Waals surface area (Å²) in [6.45, 7) is 7.54. The summed E-state index contributed by atoms with van der Waals surface area (Å²) >= 11 is 5.84. The molecule has 0 heterocycles. The van der Waals surface area contributed by atoms with E-state index < -0.39 is 16.4 Å². The first kappa shape index (κ1) is 17.9. The molecule has 0 fully saturated rings. The third-order valence-electron chi connectivity index (χ3n) is 2.45. The molecule has 0 bridgehead atoms. The van der Waals surface area contributed by atoms with Crippen LogP contribution in [0.5, 0.6) is 5.75 Å². The second-order valence-electron chi connectivity index (χ2n) is 5.64. The maximum Gasteiger partial charge on any atom is 0.446 e. The van der Waals surface area contributed by atoms with Crippen LogP contribution >= 0.6 is 11.6 Å². The maximum atomic E-state index is 12.2. The zero-order chi connectivity index (χ0) is 16.4. The van der Waals surface area contributed by atoms with Crippen LogP contribution in [0.4, 0.5) is 0 Å². The number of rotatable bonds is 5. The van der Waals surface area contributed by atoms with Crippen molar-refractivity contribution < 1.29 is 21.9 Å². The summed E-state index contributed by atoms with van der Waals surface area (Å²) in [7, 11) is -4.65. The first-order chi connectivity index (χ1) is 9.39. The summed E-state index contributed by atoms with van der Waals surface area (Å²) in [5.41, 5.74) is 0.0827. The van der Waals surface area contributed by atoms with Crippen LogP contribution < -0.4 is 9.50 Å². The van der Waals surface area contributed by atoms with Gasteiger partial charge in [0, 0.05) is 11.1 Å². The highest BCUT2D eigenvalue weighted by Gasteiger charge is 2.22. The van der Waals surface area contributed by atoms with Crippen molar-refractivity contribution in [1.29, 1.82) is 0 Å². The molecule has 0 aromatic heterocycles. The summed E-state index contributed by atoms with van der Waals surface area (Å²) in [5, 5.41) is 3.05. The minimum atomic E-state index is -4.65. The second-order valence-corrected chi connectivity index (χ2v) is 7.07. The van der Waals surface area contributed by atoms with Crippen LogP contribution in [0.25, 0.3) is 0 Å². The lowest BCUT2D eigenvalue weighted by atomic mass is 10.0. The SMILES string of the molecule is C[C@H](NC(C)(C)C)C(=O)c1ccc(OS(=O)(=O)O)c(Cl)c1. The molecule has 118 valence electrons. The summed E-state index contributed by atoms with van der Waals surface area (Å²) in [4.78, 5) is 12.2. The molecule has 21 heavy (non-hydrogen) atoms. The Hall–Kier alpha value is -1.15. The Bertz CT molecular complexity index is 636. The predicted molar refractivity (Wildman–Crippen MR) is 80.3 cm³/mol. The van der Waals surface area contributed by atoms with Crippen molar-refractivity contribution in [2.45, 2.75) is 39.3 Å². The molecule has 0 saturated heterocycles. The van der Waals surface area contributed by atoms with Crippen LogP contribution in [0, 0.1) is 0 Å². The quantitative estimate of drug-likeness (QED) is 0.634. The molecule has 8 heteroatoms. The third-order valence-corrected chi connectivity index (χ3v) is 3.14. The number of hydrogen-bond donors (Lipinski definition) is 2. The van der Waals surface area contributed by atoms with Gasteiger partial charge in [-0.2, -0.15) is 8.42 Å². The van der Waals surface area contributed by atoms with E-state index in [-0.39, 0.29) is 22.1 Å². The van der Waals surface area contributed by atoms with Crippen molar-refractivity contribution in [3.63, 3.8) is 0 Å². The van der Waals surface area contributed by atoms with Crippen LogP contribution in [0.3, 0.4) is 0 Å². The van der Waals surface area contributed by atoms with Crippen LogP contribution in [-0.2, 0) is 10.4 Å². The summed E-state index contributed by atoms with van der Waals surface area (Å²) in [6.07, 6.45) is 0. The van der Waals surface area contributed by atoms with Gasteiger partial charge in [-0.3, -0.25) is 9.35 Å². The number of ketones is 1. The smallest absolute Gasteiger partial charge is 0.360 e. The lowest BCUT2D eigenvalue weighted by Crippen LogP contribution is -2.46. The van der Waals surface area contributed by atoms with Crippen molar-refractivity contribution in [3.05, 3.63) is 28.8 Å². The Morgan fingerprint density at radius 1 is 1.38 bits per heavy atom. The molecule has 1 atom stereocenters. The molecule has 0 aliphatic rings. The van der Waals surface area contributed by atoms with Crippen LogP contribution in [0.2, 0.25) is 5.02 Å². The van der Waals surface area contributed by atoms with E-state index in [1.807, 2.05) is 20.8 Å². The molecule has 6 nitrogen and oxygen atoms in total. The average molecular weight is 336 g/mol. The van der Waals surface area contributed by atoms with Gasteiger partial charge in [-0.15, -0.1) is 0 Å². The monoisotopic (exact) mass is 335 g/mol. The third kappa shape index (κ3) is 6.01. The highest BCUT2D eigenvalue weighted by Crippen LogP contribution is 2.27. The van der Waals surface area contributed by atoms with Gasteiger partial charge in [0.05, 0.1) is 11.1 Å². The Morgan fingerprint density at radius 2 is 1.95 bits per heavy atom. The molecule has 1 aromatic rings. The molecule has 0 aliphatic carbocycles. The van der Waals surface area contributed by atoms with Gasteiger partial charge in [-0.05, 0) is 45.9 Å². The number of nitrogens with one attached hydrogen (secondary N) is 1. The van der Waals surface area contributed by atoms with Gasteiger partial charge >= 0.3 is 10.4 Å². The molecule has 0 radical (unpaired) electrons. The number of benzene rings is 1. The van der Waals surface area contributed by atoms with Crippen molar-refractivity contribution in [3.8, 4) is 5.75 Å². The molecule has 0 unspecified atom stereocenters. The minimum absolute atomic E-state index is 0.0820. The van der Waals surface area contributed by atoms with Crippen LogP contribution in [0.15, 0.2) is 18.2 Å². The van der Waals surface area contributed by atoms with Gasteiger partial charge in [0.25, 0.3) is 0 Å². The van der Waals surface area contributed by atoms with Crippen molar-refractivity contribution in [1.82, 2.24) is 5.32 Å². The van der Waals surface area contributed by atoms with Gasteiger partial charge in [0.1, 0.15) is 0 Å². The fourth-order valence-corrected chi connectivity index (χ4v) is 2.44. The topological polar surface area (TPSA) is 92.7 Å². The fourth-order valence-electron chi connectivity index (χ4n) is 1.80. The molecule has 0 spiro atoms. The minimum Gasteiger partial charge on any atom is -0.360 e. The largest absolute Gasteiger partial charge is 0.446 e. The lowest BCUT2D eigenvalue weighted by molar-refractivity contribution is 0.0935. The average Bonchev–Trinajstić information content (AvgIpc) is 2.27. The molecular formula is C13H18ClNO5S. The number of halogens is 1. The molecule has 0 amide bonds. The van der Waals surface area contributed by atoms with E-state index in [2.05, 4.69) is 9.50 Å². The lowest BCUT2D eigenvalue weighted by Gasteiger charge is -2.25. The van der Waals surface area contributed by atoms with E-state index in [1.165, 1.54) is 18.2 Å². The maximum absolute atomic E-state index is 12.2. The van der Waals surface area contributed by atoms with E-state index in [9.17, 15) is 13.2 Å². The Labute approximate surface area is 129 Å². The summed E-state index contributed by atoms with van der Waals surface area (Å²) < 4.78 is 34.2. The van der Waals surface area contributed by atoms with Gasteiger partial charge < -0.3 is 9.50 Å². The Balaban J connectivity index is 2.96. The highest BCUT2D eigenvalue weighted by molar-refractivity contribution is 7.81. The van der Waals surface area contributed by atoms with Gasteiger partial charge in [-0.25, -0.2) is 0 Å². The summed E-state index contributed by atoms with van der Waals surface area (Å²) in [6, 6.07) is 3.46. The molecule has 1 aromatic carbocycles. The normalized spacial score (nSPS) is 13.8. The van der Waals surface area contributed by atoms with E-state index in [4.69, 9.17) is 16.2 Å². The zero-order valence-corrected chi connectivity index (χ0v) is 13.7. The van der Waals surface area contributed by atoms with Gasteiger partial charge in [-0.1, -0.05) is 11.6 Å². The Kier molecular flexibility index (Phi) is 5.38. The van der Waals surface area contributed by atoms with Crippen LogP contribution in [0.1, 0.15) is 38.1 Å². The number of hydrogen-bond acceptors (Lipinski definition) is 5. The molecule has 0 saturated carbocycles. The number of carbonyl (C=O) groups excluding carboxylic acids is 1. The molecule has 0 aliphatic heterocycles. The van der Waals surface area contributed by atoms with E-state index >= 15 is 0 Å². The van der Waals surface area contributed by atoms with E-state index in [0.717, 1.165) is 0 Å². The first-order valence-electron chi connectivity index (χ1n) is 6.17. The standard InChI is InChI=1S/C13H18ClNO5S/c1-8(15-13(2,3)4)12(16)9-5-6-11(10(14)7-9)20-21(17,18)19/h5-8,15H,1-4H3,(H,17,18,19)/t8-/m0/s1.